The molecular weight excluding hydrogens is 746 g/mol. The fourth-order valence-corrected chi connectivity index (χ4v) is 7.06. The highest BCUT2D eigenvalue weighted by Gasteiger charge is 2.42. The number of ether oxygens (including phenoxy) is 2. The predicted molar refractivity (Wildman–Crippen MR) is 188 cm³/mol. The summed E-state index contributed by atoms with van der Waals surface area (Å²) in [5.74, 6) is 1.62. The maximum Gasteiger partial charge on any atom is 0.416 e. The van der Waals surface area contributed by atoms with E-state index in [0.717, 1.165) is 37.1 Å². The molecule has 2 fully saturated rings. The molecule has 2 atom stereocenters. The summed E-state index contributed by atoms with van der Waals surface area (Å²) in [6.45, 7) is 4.32. The molecule has 56 heavy (non-hydrogen) atoms. The van der Waals surface area contributed by atoms with Gasteiger partial charge in [0, 0.05) is 48.9 Å². The fraction of sp³-hybridized carbons (Fsp3) is 0.316. The SMILES string of the molecule is Cc1nc(-n2cc([C@@]3(c4ccc(C(F)(F)F)cc4)CCCO3)cn2)cc(=O)[nH]1.Cc1nc(-n2cc([C@]3(c4ccc(C(F)(F)F)cc4)CCCO3)cn2)cc(=O)[nH]1. The quantitative estimate of drug-likeness (QED) is 0.178. The predicted octanol–water partition coefficient (Wildman–Crippen LogP) is 6.67. The number of nitrogens with one attached hydrogen (secondary N) is 2. The Hall–Kier alpha value is -5.88. The average molecular weight is 781 g/mol. The lowest BCUT2D eigenvalue weighted by Crippen LogP contribution is -2.26. The zero-order valence-electron chi connectivity index (χ0n) is 29.9. The second kappa shape index (κ2) is 14.6. The molecule has 0 unspecified atom stereocenters. The summed E-state index contributed by atoms with van der Waals surface area (Å²) in [6, 6.07) is 12.7. The van der Waals surface area contributed by atoms with Gasteiger partial charge in [-0.1, -0.05) is 24.3 Å². The van der Waals surface area contributed by atoms with Crippen molar-refractivity contribution in [3.8, 4) is 11.6 Å². The Labute approximate surface area is 314 Å². The van der Waals surface area contributed by atoms with Crippen LogP contribution in [0.15, 0.2) is 95.0 Å². The first kappa shape index (κ1) is 38.4. The number of aryl methyl sites for hydroxylation is 2. The van der Waals surface area contributed by atoms with Gasteiger partial charge in [0.15, 0.2) is 11.6 Å². The van der Waals surface area contributed by atoms with E-state index in [1.807, 2.05) is 0 Å². The van der Waals surface area contributed by atoms with E-state index in [1.54, 1.807) is 38.6 Å². The van der Waals surface area contributed by atoms with Gasteiger partial charge in [0.2, 0.25) is 0 Å². The lowest BCUT2D eigenvalue weighted by atomic mass is 9.85. The minimum absolute atomic E-state index is 0.297. The highest BCUT2D eigenvalue weighted by atomic mass is 19.4. The minimum Gasteiger partial charge on any atom is -0.365 e. The molecule has 6 aromatic rings. The number of hydrogen-bond acceptors (Lipinski definition) is 8. The molecular formula is C38H34F6N8O4. The molecule has 0 spiro atoms. The third-order valence-corrected chi connectivity index (χ3v) is 9.66. The summed E-state index contributed by atoms with van der Waals surface area (Å²) in [4.78, 5) is 37.0. The van der Waals surface area contributed by atoms with E-state index in [2.05, 4.69) is 30.1 Å². The van der Waals surface area contributed by atoms with Gasteiger partial charge >= 0.3 is 12.4 Å². The van der Waals surface area contributed by atoms with Crippen molar-refractivity contribution in [2.75, 3.05) is 13.2 Å². The number of nitrogens with zero attached hydrogens (tertiary/aromatic N) is 6. The minimum atomic E-state index is -4.39. The number of H-pyrrole nitrogens is 2. The van der Waals surface area contributed by atoms with Crippen molar-refractivity contribution in [2.24, 2.45) is 0 Å². The zero-order chi connectivity index (χ0) is 39.9. The van der Waals surface area contributed by atoms with Gasteiger partial charge in [0.05, 0.1) is 23.5 Å². The van der Waals surface area contributed by atoms with Crippen LogP contribution in [0.4, 0.5) is 26.3 Å². The molecule has 0 bridgehead atoms. The largest absolute Gasteiger partial charge is 0.416 e. The Morgan fingerprint density at radius 2 is 0.982 bits per heavy atom. The number of alkyl halides is 6. The van der Waals surface area contributed by atoms with E-state index in [4.69, 9.17) is 9.47 Å². The van der Waals surface area contributed by atoms with Gasteiger partial charge in [-0.25, -0.2) is 19.3 Å². The summed E-state index contributed by atoms with van der Waals surface area (Å²) in [6.07, 6.45) is 0.589. The van der Waals surface area contributed by atoms with Crippen molar-refractivity contribution in [3.63, 3.8) is 0 Å². The molecule has 18 heteroatoms. The first-order valence-electron chi connectivity index (χ1n) is 17.5. The molecule has 2 aliphatic heterocycles. The van der Waals surface area contributed by atoms with Crippen molar-refractivity contribution in [2.45, 2.75) is 63.1 Å². The van der Waals surface area contributed by atoms with E-state index in [-0.39, 0.29) is 11.1 Å². The molecule has 0 radical (unpaired) electrons. The lowest BCUT2D eigenvalue weighted by molar-refractivity contribution is -0.138. The molecule has 8 rings (SSSR count). The van der Waals surface area contributed by atoms with Crippen LogP contribution in [-0.4, -0.2) is 52.7 Å². The van der Waals surface area contributed by atoms with Gasteiger partial charge in [0.25, 0.3) is 11.1 Å². The summed E-state index contributed by atoms with van der Waals surface area (Å²) >= 11 is 0. The first-order chi connectivity index (χ1) is 26.6. The van der Waals surface area contributed by atoms with E-state index in [0.29, 0.717) is 71.6 Å². The number of aromatic amines is 2. The van der Waals surface area contributed by atoms with Crippen LogP contribution in [0.1, 0.15) is 70.7 Å². The third kappa shape index (κ3) is 7.66. The summed E-state index contributed by atoms with van der Waals surface area (Å²) in [5.41, 5.74) is -1.10. The Kier molecular flexibility index (Phi) is 10.0. The van der Waals surface area contributed by atoms with Gasteiger partial charge in [-0.3, -0.25) is 9.59 Å². The van der Waals surface area contributed by atoms with E-state index in [1.165, 1.54) is 45.8 Å². The Morgan fingerprint density at radius 3 is 1.29 bits per heavy atom. The van der Waals surface area contributed by atoms with E-state index >= 15 is 0 Å². The Morgan fingerprint density at radius 1 is 0.607 bits per heavy atom. The number of halogens is 6. The molecule has 2 aliphatic rings. The second-order valence-corrected chi connectivity index (χ2v) is 13.4. The van der Waals surface area contributed by atoms with Crippen LogP contribution >= 0.6 is 0 Å². The van der Waals surface area contributed by atoms with Gasteiger partial charge in [-0.05, 0) is 74.9 Å². The molecule has 2 saturated heterocycles. The highest BCUT2D eigenvalue weighted by molar-refractivity contribution is 5.40. The van der Waals surface area contributed by atoms with Crippen LogP contribution in [-0.2, 0) is 33.0 Å². The maximum atomic E-state index is 12.9. The average Bonchev–Trinajstić information content (AvgIpc) is 3.98. The maximum absolute atomic E-state index is 12.9. The number of aromatic nitrogens is 8. The van der Waals surface area contributed by atoms with Crippen molar-refractivity contribution >= 4 is 0 Å². The molecule has 2 aromatic carbocycles. The van der Waals surface area contributed by atoms with E-state index < -0.39 is 34.7 Å². The van der Waals surface area contributed by atoms with Crippen molar-refractivity contribution in [1.29, 1.82) is 0 Å². The molecule has 0 amide bonds. The Balaban J connectivity index is 0.000000172. The van der Waals surface area contributed by atoms with Crippen molar-refractivity contribution < 1.29 is 35.8 Å². The molecule has 292 valence electrons. The smallest absolute Gasteiger partial charge is 0.365 e. The monoisotopic (exact) mass is 780 g/mol. The van der Waals surface area contributed by atoms with Crippen LogP contribution in [0.3, 0.4) is 0 Å². The lowest BCUT2D eigenvalue weighted by Gasteiger charge is -2.28. The molecule has 6 heterocycles. The normalized spacial score (nSPS) is 19.9. The topological polar surface area (TPSA) is 146 Å². The van der Waals surface area contributed by atoms with E-state index in [9.17, 15) is 35.9 Å². The van der Waals surface area contributed by atoms with Crippen LogP contribution in [0.5, 0.6) is 0 Å². The van der Waals surface area contributed by atoms with Crippen LogP contribution in [0.2, 0.25) is 0 Å². The number of rotatable bonds is 6. The zero-order valence-corrected chi connectivity index (χ0v) is 29.9. The first-order valence-corrected chi connectivity index (χ1v) is 17.5. The van der Waals surface area contributed by atoms with Crippen molar-refractivity contribution in [1.82, 2.24) is 39.5 Å². The highest BCUT2D eigenvalue weighted by Crippen LogP contribution is 2.44. The molecule has 2 N–H and O–H groups in total. The van der Waals surface area contributed by atoms with Gasteiger partial charge in [0.1, 0.15) is 22.9 Å². The molecule has 0 saturated carbocycles. The van der Waals surface area contributed by atoms with Crippen LogP contribution < -0.4 is 11.1 Å². The standard InChI is InChI=1S/2C19H17F3N4O2/c2*1-12-24-16(9-17(27)25-12)26-11-15(10-23-26)18(7-2-8-28-18)13-3-5-14(6-4-13)19(20,21)22/h2*3-6,9-11H,2,7-8H2,1H3,(H,24,25,27)/t2*18-/m10/s1. The molecule has 0 aliphatic carbocycles. The molecule has 12 nitrogen and oxygen atoms in total. The van der Waals surface area contributed by atoms with Gasteiger partial charge in [-0.15, -0.1) is 0 Å². The summed E-state index contributed by atoms with van der Waals surface area (Å²) in [7, 11) is 0. The van der Waals surface area contributed by atoms with Gasteiger partial charge in [-0.2, -0.15) is 36.5 Å². The van der Waals surface area contributed by atoms with Crippen molar-refractivity contribution in [3.05, 3.63) is 151 Å². The second-order valence-electron chi connectivity index (χ2n) is 13.4. The summed E-state index contributed by atoms with van der Waals surface area (Å²) < 4.78 is 92.3. The third-order valence-electron chi connectivity index (χ3n) is 9.66. The Bertz CT molecular complexity index is 2270. The van der Waals surface area contributed by atoms with Gasteiger partial charge < -0.3 is 19.4 Å². The number of hydrogen-bond donors (Lipinski definition) is 2. The molecule has 4 aromatic heterocycles. The summed E-state index contributed by atoms with van der Waals surface area (Å²) in [5, 5.41) is 8.56. The van der Waals surface area contributed by atoms with Crippen LogP contribution in [0.25, 0.3) is 11.6 Å². The van der Waals surface area contributed by atoms with Crippen LogP contribution in [0, 0.1) is 13.8 Å². The number of benzene rings is 2. The fourth-order valence-electron chi connectivity index (χ4n) is 7.06.